The fourth-order valence-corrected chi connectivity index (χ4v) is 6.90. The molecule has 178 valence electrons. The van der Waals surface area contributed by atoms with E-state index in [2.05, 4.69) is 4.72 Å². The van der Waals surface area contributed by atoms with E-state index < -0.39 is 25.9 Å². The van der Waals surface area contributed by atoms with Crippen LogP contribution in [0.3, 0.4) is 0 Å². The van der Waals surface area contributed by atoms with Crippen LogP contribution in [-0.4, -0.2) is 41.3 Å². The number of rotatable bonds is 6. The molecule has 34 heavy (non-hydrogen) atoms. The Kier molecular flexibility index (Phi) is 5.50. The van der Waals surface area contributed by atoms with E-state index in [1.807, 2.05) is 0 Å². The van der Waals surface area contributed by atoms with Gasteiger partial charge in [-0.3, -0.25) is 4.72 Å². The van der Waals surface area contributed by atoms with Gasteiger partial charge in [-0.15, -0.1) is 0 Å². The monoisotopic (exact) mass is 504 g/mol. The molecule has 5 rings (SSSR count). The van der Waals surface area contributed by atoms with E-state index in [0.717, 1.165) is 25.0 Å². The molecule has 1 fully saturated rings. The fraction of sp³-hybridized carbons (Fsp3) is 0.217. The Morgan fingerprint density at radius 3 is 2.41 bits per heavy atom. The molecule has 0 radical (unpaired) electrons. The number of benzene rings is 3. The van der Waals surface area contributed by atoms with Crippen LogP contribution in [0, 0.1) is 5.82 Å². The normalized spacial score (nSPS) is 15.2. The molecule has 0 aliphatic carbocycles. The van der Waals surface area contributed by atoms with Crippen molar-refractivity contribution >= 4 is 47.7 Å². The van der Waals surface area contributed by atoms with Crippen molar-refractivity contribution < 1.29 is 30.4 Å². The Balaban J connectivity index is 1.52. The molecule has 1 saturated heterocycles. The molecule has 0 bridgehead atoms. The molecule has 0 saturated carbocycles. The minimum atomic E-state index is -4.15. The number of hydrogen-bond acceptors (Lipinski definition) is 6. The fourth-order valence-electron chi connectivity index (χ4n) is 4.13. The first-order valence-electron chi connectivity index (χ1n) is 10.5. The van der Waals surface area contributed by atoms with Gasteiger partial charge < -0.3 is 9.15 Å². The lowest BCUT2D eigenvalue weighted by Gasteiger charge is -2.15. The quantitative estimate of drug-likeness (QED) is 0.419. The Labute approximate surface area is 196 Å². The molecule has 0 atom stereocenters. The molecule has 1 N–H and O–H groups in total. The number of methoxy groups -OCH3 is 1. The maximum absolute atomic E-state index is 13.7. The number of halogens is 1. The number of nitrogens with zero attached hydrogens (tertiary/aromatic N) is 1. The van der Waals surface area contributed by atoms with Crippen LogP contribution >= 0.6 is 0 Å². The maximum atomic E-state index is 13.7. The third-order valence-electron chi connectivity index (χ3n) is 5.81. The van der Waals surface area contributed by atoms with Gasteiger partial charge in [0.1, 0.15) is 27.6 Å². The minimum absolute atomic E-state index is 0.00505. The molecule has 2 heterocycles. The van der Waals surface area contributed by atoms with Crippen molar-refractivity contribution in [2.45, 2.75) is 22.6 Å². The Bertz CT molecular complexity index is 1620. The van der Waals surface area contributed by atoms with Crippen molar-refractivity contribution in [1.82, 2.24) is 4.31 Å². The number of nitrogens with one attached hydrogen (secondary N) is 1. The van der Waals surface area contributed by atoms with E-state index in [1.54, 1.807) is 18.2 Å². The van der Waals surface area contributed by atoms with Crippen molar-refractivity contribution in [3.05, 3.63) is 60.4 Å². The maximum Gasteiger partial charge on any atom is 0.265 e. The molecule has 1 aromatic heterocycles. The van der Waals surface area contributed by atoms with Gasteiger partial charge >= 0.3 is 0 Å². The first-order valence-corrected chi connectivity index (χ1v) is 13.4. The summed E-state index contributed by atoms with van der Waals surface area (Å²) in [6.07, 6.45) is 1.69. The van der Waals surface area contributed by atoms with Gasteiger partial charge in [-0.1, -0.05) is 0 Å². The summed E-state index contributed by atoms with van der Waals surface area (Å²) in [5.41, 5.74) is 1.04. The molecular formula is C23H21FN2O6S2. The minimum Gasteiger partial charge on any atom is -0.495 e. The largest absolute Gasteiger partial charge is 0.495 e. The summed E-state index contributed by atoms with van der Waals surface area (Å²) in [6.45, 7) is 1.01. The lowest BCUT2D eigenvalue weighted by Crippen LogP contribution is -2.27. The third kappa shape index (κ3) is 3.89. The summed E-state index contributed by atoms with van der Waals surface area (Å²) in [5, 5.41) is 1.25. The highest BCUT2D eigenvalue weighted by Crippen LogP contribution is 2.34. The van der Waals surface area contributed by atoms with Crippen LogP contribution < -0.4 is 9.46 Å². The number of sulfonamides is 2. The van der Waals surface area contributed by atoms with E-state index in [1.165, 1.54) is 35.7 Å². The van der Waals surface area contributed by atoms with Gasteiger partial charge in [-0.25, -0.2) is 21.2 Å². The lowest BCUT2D eigenvalue weighted by molar-refractivity contribution is 0.401. The second-order valence-electron chi connectivity index (χ2n) is 7.98. The van der Waals surface area contributed by atoms with Crippen LogP contribution in [0.4, 0.5) is 10.1 Å². The zero-order valence-corrected chi connectivity index (χ0v) is 19.7. The first-order chi connectivity index (χ1) is 16.2. The standard InChI is InChI=1S/C23H21FN2O6S2/c1-31-21-8-4-15(24)12-23(21)33(27,28)25-16-5-7-18-19-14-17(6-9-20(19)32-22(18)13-16)34(29,30)26-10-2-3-11-26/h4-9,12-14,25H,2-3,10-11H2,1H3. The highest BCUT2D eigenvalue weighted by atomic mass is 32.2. The van der Waals surface area contributed by atoms with Crippen LogP contribution in [-0.2, 0) is 20.0 Å². The second kappa shape index (κ2) is 8.26. The van der Waals surface area contributed by atoms with Crippen LogP contribution in [0.15, 0.2) is 68.8 Å². The number of ether oxygens (including phenoxy) is 1. The molecule has 0 amide bonds. The van der Waals surface area contributed by atoms with Gasteiger partial charge in [0.2, 0.25) is 10.0 Å². The predicted octanol–water partition coefficient (Wildman–Crippen LogP) is 4.32. The molecular weight excluding hydrogens is 483 g/mol. The number of furan rings is 1. The first kappa shape index (κ1) is 22.6. The zero-order chi connectivity index (χ0) is 24.1. The van der Waals surface area contributed by atoms with Gasteiger partial charge in [0.05, 0.1) is 17.7 Å². The summed E-state index contributed by atoms with van der Waals surface area (Å²) in [6, 6.07) is 12.6. The van der Waals surface area contributed by atoms with Crippen LogP contribution in [0.2, 0.25) is 0 Å². The highest BCUT2D eigenvalue weighted by molar-refractivity contribution is 7.92. The third-order valence-corrected chi connectivity index (χ3v) is 9.11. The summed E-state index contributed by atoms with van der Waals surface area (Å²) < 4.78 is 80.1. The topological polar surface area (TPSA) is 106 Å². The summed E-state index contributed by atoms with van der Waals surface area (Å²) >= 11 is 0. The molecule has 1 aliphatic rings. The van der Waals surface area contributed by atoms with Crippen molar-refractivity contribution in [2.24, 2.45) is 0 Å². The van der Waals surface area contributed by atoms with E-state index in [-0.39, 0.29) is 21.2 Å². The smallest absolute Gasteiger partial charge is 0.265 e. The van der Waals surface area contributed by atoms with Gasteiger partial charge in [-0.05, 0) is 61.4 Å². The average molecular weight is 505 g/mol. The molecule has 3 aromatic carbocycles. The Morgan fingerprint density at radius 2 is 1.68 bits per heavy atom. The van der Waals surface area contributed by atoms with Gasteiger partial charge in [0, 0.05) is 29.9 Å². The van der Waals surface area contributed by atoms with E-state index in [9.17, 15) is 21.2 Å². The Hall–Kier alpha value is -3.15. The number of hydrogen-bond donors (Lipinski definition) is 1. The molecule has 4 aromatic rings. The van der Waals surface area contributed by atoms with E-state index >= 15 is 0 Å². The second-order valence-corrected chi connectivity index (χ2v) is 11.6. The van der Waals surface area contributed by atoms with Crippen molar-refractivity contribution in [3.8, 4) is 5.75 Å². The average Bonchev–Trinajstić information content (AvgIpc) is 3.46. The molecule has 11 heteroatoms. The van der Waals surface area contributed by atoms with Crippen LogP contribution in [0.25, 0.3) is 21.9 Å². The summed E-state index contributed by atoms with van der Waals surface area (Å²) in [5.74, 6) is -0.709. The predicted molar refractivity (Wildman–Crippen MR) is 125 cm³/mol. The Morgan fingerprint density at radius 1 is 0.912 bits per heavy atom. The van der Waals surface area contributed by atoms with Crippen molar-refractivity contribution in [3.63, 3.8) is 0 Å². The number of fused-ring (bicyclic) bond motifs is 3. The molecule has 0 unspecified atom stereocenters. The van der Waals surface area contributed by atoms with Gasteiger partial charge in [0.25, 0.3) is 10.0 Å². The summed E-state index contributed by atoms with van der Waals surface area (Å²) in [7, 11) is -6.45. The van der Waals surface area contributed by atoms with Crippen molar-refractivity contribution in [2.75, 3.05) is 24.9 Å². The zero-order valence-electron chi connectivity index (χ0n) is 18.1. The van der Waals surface area contributed by atoms with Crippen LogP contribution in [0.1, 0.15) is 12.8 Å². The number of anilines is 1. The summed E-state index contributed by atoms with van der Waals surface area (Å²) in [4.78, 5) is -0.149. The highest BCUT2D eigenvalue weighted by Gasteiger charge is 2.28. The van der Waals surface area contributed by atoms with Gasteiger partial charge in [0.15, 0.2) is 0 Å². The molecule has 1 aliphatic heterocycles. The molecule has 0 spiro atoms. The van der Waals surface area contributed by atoms with Gasteiger partial charge in [-0.2, -0.15) is 4.31 Å². The van der Waals surface area contributed by atoms with E-state index in [0.29, 0.717) is 35.0 Å². The lowest BCUT2D eigenvalue weighted by atomic mass is 10.1. The van der Waals surface area contributed by atoms with E-state index in [4.69, 9.17) is 9.15 Å². The van der Waals surface area contributed by atoms with Crippen molar-refractivity contribution in [1.29, 1.82) is 0 Å². The molecule has 8 nitrogen and oxygen atoms in total. The van der Waals surface area contributed by atoms with Crippen LogP contribution in [0.5, 0.6) is 5.75 Å². The SMILES string of the molecule is COc1ccc(F)cc1S(=O)(=O)Nc1ccc2c(c1)oc1ccc(S(=O)(=O)N3CCCC3)cc12.